The molecule has 0 saturated carbocycles. The van der Waals surface area contributed by atoms with Crippen molar-refractivity contribution in [3.05, 3.63) is 101 Å². The van der Waals surface area contributed by atoms with E-state index in [1.807, 2.05) is 62.4 Å². The zero-order valence-electron chi connectivity index (χ0n) is 20.9. The summed E-state index contributed by atoms with van der Waals surface area (Å²) in [6, 6.07) is 20.6. The molecule has 0 radical (unpaired) electrons. The Kier molecular flexibility index (Phi) is 6.04. The number of fused-ring (bicyclic) bond motifs is 1. The Hall–Kier alpha value is -4.10. The van der Waals surface area contributed by atoms with E-state index < -0.39 is 41.2 Å². The summed E-state index contributed by atoms with van der Waals surface area (Å²) in [6.07, 6.45) is 0.0435. The summed E-state index contributed by atoms with van der Waals surface area (Å²) in [5.41, 5.74) is 2.54. The molecule has 4 atom stereocenters. The standard InChI is InChI=1S/C30H28N2O5/c1-17-9-10-18(2)23(15-17)26-24-25(30(31-26,29(36)37)16-20-7-5-4-6-8-20)28(35)32(27(24)34)22-13-11-21(12-14-22)19(3)33/h4-15,24-26,31H,16H2,1-3H3,(H,36,37). The number of hydrogen-bond donors (Lipinski definition) is 2. The van der Waals surface area contributed by atoms with Gasteiger partial charge in [-0.25, -0.2) is 4.90 Å². The van der Waals surface area contributed by atoms with Crippen LogP contribution in [0.4, 0.5) is 5.69 Å². The minimum atomic E-state index is -1.69. The van der Waals surface area contributed by atoms with Crippen LogP contribution in [0.3, 0.4) is 0 Å². The van der Waals surface area contributed by atoms with E-state index in [-0.39, 0.29) is 12.2 Å². The maximum Gasteiger partial charge on any atom is 0.325 e. The number of carboxylic acids is 1. The lowest BCUT2D eigenvalue weighted by atomic mass is 9.76. The Bertz CT molecular complexity index is 1420. The topological polar surface area (TPSA) is 104 Å². The second-order valence-electron chi connectivity index (χ2n) is 10.0. The molecule has 0 aromatic heterocycles. The molecule has 2 amide bonds. The molecule has 2 saturated heterocycles. The number of imide groups is 1. The molecule has 3 aromatic rings. The van der Waals surface area contributed by atoms with Crippen LogP contribution in [-0.4, -0.2) is 34.2 Å². The zero-order valence-corrected chi connectivity index (χ0v) is 20.9. The number of aliphatic carboxylic acids is 1. The van der Waals surface area contributed by atoms with Gasteiger partial charge in [-0.3, -0.25) is 24.5 Å². The van der Waals surface area contributed by atoms with E-state index in [0.717, 1.165) is 27.2 Å². The molecule has 37 heavy (non-hydrogen) atoms. The van der Waals surface area contributed by atoms with E-state index >= 15 is 0 Å². The van der Waals surface area contributed by atoms with Crippen molar-refractivity contribution in [2.45, 2.75) is 38.8 Å². The minimum Gasteiger partial charge on any atom is -0.480 e. The monoisotopic (exact) mass is 496 g/mol. The Morgan fingerprint density at radius 3 is 2.24 bits per heavy atom. The van der Waals surface area contributed by atoms with Crippen molar-refractivity contribution >= 4 is 29.3 Å². The van der Waals surface area contributed by atoms with Crippen molar-refractivity contribution < 1.29 is 24.3 Å². The highest BCUT2D eigenvalue weighted by Crippen LogP contribution is 2.51. The second-order valence-corrected chi connectivity index (χ2v) is 10.0. The Labute approximate surface area is 215 Å². The van der Waals surface area contributed by atoms with E-state index in [2.05, 4.69) is 5.32 Å². The summed E-state index contributed by atoms with van der Waals surface area (Å²) in [4.78, 5) is 53.8. The third-order valence-electron chi connectivity index (χ3n) is 7.66. The van der Waals surface area contributed by atoms with Gasteiger partial charge in [-0.05, 0) is 61.7 Å². The summed E-state index contributed by atoms with van der Waals surface area (Å²) in [5.74, 6) is -4.32. The maximum atomic E-state index is 14.0. The fraction of sp³-hybridized carbons (Fsp3) is 0.267. The van der Waals surface area contributed by atoms with Crippen LogP contribution >= 0.6 is 0 Å². The number of ketones is 1. The molecule has 7 nitrogen and oxygen atoms in total. The van der Waals surface area contributed by atoms with Gasteiger partial charge < -0.3 is 5.11 Å². The molecular formula is C30H28N2O5. The number of aryl methyl sites for hydroxylation is 2. The van der Waals surface area contributed by atoms with Gasteiger partial charge in [0.05, 0.1) is 17.5 Å². The largest absolute Gasteiger partial charge is 0.480 e. The van der Waals surface area contributed by atoms with Gasteiger partial charge in [-0.2, -0.15) is 0 Å². The predicted octanol–water partition coefficient (Wildman–Crippen LogP) is 4.02. The van der Waals surface area contributed by atoms with E-state index in [9.17, 15) is 24.3 Å². The van der Waals surface area contributed by atoms with Crippen molar-refractivity contribution in [2.75, 3.05) is 4.90 Å². The molecule has 0 spiro atoms. The van der Waals surface area contributed by atoms with Gasteiger partial charge in [0.25, 0.3) is 0 Å². The molecule has 2 aliphatic heterocycles. The van der Waals surface area contributed by atoms with Gasteiger partial charge in [-0.1, -0.05) is 54.1 Å². The van der Waals surface area contributed by atoms with Crippen molar-refractivity contribution in [2.24, 2.45) is 11.8 Å². The number of amides is 2. The van der Waals surface area contributed by atoms with E-state index in [4.69, 9.17) is 0 Å². The van der Waals surface area contributed by atoms with Gasteiger partial charge in [0.2, 0.25) is 11.8 Å². The average molecular weight is 497 g/mol. The number of carbonyl (C=O) groups excluding carboxylic acids is 3. The van der Waals surface area contributed by atoms with Gasteiger partial charge >= 0.3 is 5.97 Å². The summed E-state index contributed by atoms with van der Waals surface area (Å²) in [6.45, 7) is 5.30. The minimum absolute atomic E-state index is 0.0435. The molecule has 188 valence electrons. The first kappa shape index (κ1) is 24.6. The molecule has 5 rings (SSSR count). The van der Waals surface area contributed by atoms with Crippen molar-refractivity contribution in [3.63, 3.8) is 0 Å². The van der Waals surface area contributed by atoms with Crippen LogP contribution in [0.5, 0.6) is 0 Å². The van der Waals surface area contributed by atoms with Gasteiger partial charge in [0.1, 0.15) is 5.54 Å². The average Bonchev–Trinajstić information content (AvgIpc) is 3.35. The fourth-order valence-corrected chi connectivity index (χ4v) is 5.82. The number of nitrogens with zero attached hydrogens (tertiary/aromatic N) is 1. The lowest BCUT2D eigenvalue weighted by Gasteiger charge is -2.31. The number of hydrogen-bond acceptors (Lipinski definition) is 5. The summed E-state index contributed by atoms with van der Waals surface area (Å²) < 4.78 is 0. The number of nitrogens with one attached hydrogen (secondary N) is 1. The smallest absolute Gasteiger partial charge is 0.325 e. The normalized spacial score (nSPS) is 24.8. The van der Waals surface area contributed by atoms with Crippen LogP contribution in [0.25, 0.3) is 0 Å². The van der Waals surface area contributed by atoms with Crippen LogP contribution in [0, 0.1) is 25.7 Å². The number of rotatable bonds is 6. The first-order valence-electron chi connectivity index (χ1n) is 12.2. The SMILES string of the molecule is CC(=O)c1ccc(N2C(=O)C3C(c4cc(C)ccc4C)NC(Cc4ccccc4)(C(=O)O)C3C2=O)cc1. The zero-order chi connectivity index (χ0) is 26.5. The van der Waals surface area contributed by atoms with Crippen LogP contribution in [0.1, 0.15) is 45.6 Å². The van der Waals surface area contributed by atoms with Crippen LogP contribution < -0.4 is 10.2 Å². The number of benzene rings is 3. The lowest BCUT2D eigenvalue weighted by Crippen LogP contribution is -2.57. The molecule has 2 N–H and O–H groups in total. The second kappa shape index (κ2) is 9.09. The Morgan fingerprint density at radius 2 is 1.62 bits per heavy atom. The van der Waals surface area contributed by atoms with Crippen LogP contribution in [0.15, 0.2) is 72.8 Å². The quantitative estimate of drug-likeness (QED) is 0.395. The van der Waals surface area contributed by atoms with E-state index in [1.165, 1.54) is 6.92 Å². The summed E-state index contributed by atoms with van der Waals surface area (Å²) in [7, 11) is 0. The molecule has 2 heterocycles. The maximum absolute atomic E-state index is 14.0. The van der Waals surface area contributed by atoms with Crippen molar-refractivity contribution in [1.29, 1.82) is 0 Å². The summed E-state index contributed by atoms with van der Waals surface area (Å²) in [5, 5.41) is 13.9. The Balaban J connectivity index is 1.66. The van der Waals surface area contributed by atoms with E-state index in [0.29, 0.717) is 11.3 Å². The fourth-order valence-electron chi connectivity index (χ4n) is 5.82. The molecule has 7 heteroatoms. The molecular weight excluding hydrogens is 468 g/mol. The molecule has 0 bridgehead atoms. The molecule has 2 fully saturated rings. The highest BCUT2D eigenvalue weighted by atomic mass is 16.4. The highest BCUT2D eigenvalue weighted by Gasteiger charge is 2.68. The third-order valence-corrected chi connectivity index (χ3v) is 7.66. The van der Waals surface area contributed by atoms with Crippen molar-refractivity contribution in [3.8, 4) is 0 Å². The number of carboxylic acid groups (broad SMARTS) is 1. The molecule has 0 aliphatic carbocycles. The lowest BCUT2D eigenvalue weighted by molar-refractivity contribution is -0.148. The van der Waals surface area contributed by atoms with Crippen LogP contribution in [-0.2, 0) is 20.8 Å². The van der Waals surface area contributed by atoms with Gasteiger partial charge in [0, 0.05) is 18.0 Å². The number of Topliss-reactive ketones (excluding diaryl/α,β-unsaturated/α-hetero) is 1. The molecule has 3 aromatic carbocycles. The van der Waals surface area contributed by atoms with E-state index in [1.54, 1.807) is 24.3 Å². The number of carbonyl (C=O) groups is 4. The van der Waals surface area contributed by atoms with Crippen molar-refractivity contribution in [1.82, 2.24) is 5.32 Å². The predicted molar refractivity (Wildman–Crippen MR) is 138 cm³/mol. The van der Waals surface area contributed by atoms with Gasteiger partial charge in [-0.15, -0.1) is 0 Å². The van der Waals surface area contributed by atoms with Gasteiger partial charge in [0.15, 0.2) is 5.78 Å². The summed E-state index contributed by atoms with van der Waals surface area (Å²) >= 11 is 0. The highest BCUT2D eigenvalue weighted by molar-refractivity contribution is 6.24. The molecule has 2 aliphatic rings. The molecule has 4 unspecified atom stereocenters. The first-order valence-corrected chi connectivity index (χ1v) is 12.2. The first-order chi connectivity index (χ1) is 17.6. The van der Waals surface area contributed by atoms with Crippen LogP contribution in [0.2, 0.25) is 0 Å². The number of anilines is 1. The third kappa shape index (κ3) is 3.96. The Morgan fingerprint density at radius 1 is 0.946 bits per heavy atom.